The van der Waals surface area contributed by atoms with Crippen LogP contribution in [0.3, 0.4) is 0 Å². The maximum atomic E-state index is 12.7. The predicted molar refractivity (Wildman–Crippen MR) is 123 cm³/mol. The Balaban J connectivity index is 0.000000364. The van der Waals surface area contributed by atoms with Gasteiger partial charge in [-0.15, -0.1) is 0 Å². The number of aromatic amines is 1. The SMILES string of the molecule is CC(c1nc2c(cnn2C2CCCC2)c(=O)[nH]1)N1CCc2c(Cl)cccc2C1.O=C(O)C(F)(F)F. The Morgan fingerprint density at radius 2 is 1.97 bits per heavy atom. The molecule has 1 aliphatic carbocycles. The van der Waals surface area contributed by atoms with Crippen LogP contribution >= 0.6 is 11.6 Å². The van der Waals surface area contributed by atoms with E-state index < -0.39 is 12.1 Å². The second-order valence-corrected chi connectivity index (χ2v) is 9.20. The zero-order chi connectivity index (χ0) is 25.3. The normalized spacial score (nSPS) is 17.6. The lowest BCUT2D eigenvalue weighted by Gasteiger charge is -2.33. The van der Waals surface area contributed by atoms with Crippen LogP contribution in [0.4, 0.5) is 13.2 Å². The van der Waals surface area contributed by atoms with Crippen molar-refractivity contribution >= 4 is 28.6 Å². The van der Waals surface area contributed by atoms with Crippen molar-refractivity contribution in [2.45, 2.75) is 63.8 Å². The van der Waals surface area contributed by atoms with Crippen LogP contribution in [0.15, 0.2) is 29.2 Å². The van der Waals surface area contributed by atoms with E-state index >= 15 is 0 Å². The highest BCUT2D eigenvalue weighted by atomic mass is 35.5. The lowest BCUT2D eigenvalue weighted by Crippen LogP contribution is -2.34. The number of carboxylic acid groups (broad SMARTS) is 1. The molecule has 3 heterocycles. The van der Waals surface area contributed by atoms with Gasteiger partial charge in [-0.1, -0.05) is 36.6 Å². The molecular formula is C23H25ClF3N5O3. The third-order valence-corrected chi connectivity index (χ3v) is 6.93. The summed E-state index contributed by atoms with van der Waals surface area (Å²) < 4.78 is 33.7. The Bertz CT molecular complexity index is 1280. The van der Waals surface area contributed by atoms with Crippen LogP contribution in [0.1, 0.15) is 61.6 Å². The second-order valence-electron chi connectivity index (χ2n) is 8.79. The molecule has 1 unspecified atom stereocenters. The van der Waals surface area contributed by atoms with Crippen LogP contribution in [-0.4, -0.2) is 48.4 Å². The van der Waals surface area contributed by atoms with E-state index in [-0.39, 0.29) is 11.6 Å². The number of aliphatic carboxylic acids is 1. The van der Waals surface area contributed by atoms with Crippen LogP contribution in [0, 0.1) is 0 Å². The smallest absolute Gasteiger partial charge is 0.475 e. The van der Waals surface area contributed by atoms with Crippen LogP contribution < -0.4 is 5.56 Å². The molecule has 12 heteroatoms. The van der Waals surface area contributed by atoms with E-state index in [0.717, 1.165) is 43.0 Å². The molecule has 1 aliphatic heterocycles. The highest BCUT2D eigenvalue weighted by molar-refractivity contribution is 6.31. The summed E-state index contributed by atoms with van der Waals surface area (Å²) in [5.74, 6) is -2.05. The summed E-state index contributed by atoms with van der Waals surface area (Å²) in [6.07, 6.45) is 2.14. The number of hydrogen-bond acceptors (Lipinski definition) is 5. The van der Waals surface area contributed by atoms with Gasteiger partial charge in [0.1, 0.15) is 11.2 Å². The van der Waals surface area contributed by atoms with Crippen molar-refractivity contribution in [2.75, 3.05) is 6.54 Å². The first-order chi connectivity index (χ1) is 16.6. The summed E-state index contributed by atoms with van der Waals surface area (Å²) in [6, 6.07) is 6.46. The molecule has 5 rings (SSSR count). The van der Waals surface area contributed by atoms with Crippen molar-refractivity contribution in [3.63, 3.8) is 0 Å². The number of alkyl halides is 3. The van der Waals surface area contributed by atoms with E-state index in [0.29, 0.717) is 17.3 Å². The van der Waals surface area contributed by atoms with E-state index in [1.807, 2.05) is 16.8 Å². The number of aromatic nitrogens is 4. The summed E-state index contributed by atoms with van der Waals surface area (Å²) in [5.41, 5.74) is 3.11. The standard InChI is InChI=1S/C21H24ClN5O.C2HF3O2/c1-13(26-10-9-16-14(12-26)5-4-8-18(16)22)19-24-20-17(21(28)25-19)11-23-27(20)15-6-2-3-7-15;3-2(4,5)1(6)7/h4-5,8,11,13,15H,2-3,6-7,9-10,12H2,1H3,(H,24,25,28);(H,6,7). The third kappa shape index (κ3) is 5.35. The minimum Gasteiger partial charge on any atom is -0.475 e. The molecule has 188 valence electrons. The molecule has 2 aliphatic rings. The molecule has 2 N–H and O–H groups in total. The number of carbonyl (C=O) groups is 1. The van der Waals surface area contributed by atoms with Crippen molar-refractivity contribution in [1.29, 1.82) is 0 Å². The molecule has 0 amide bonds. The molecular weight excluding hydrogens is 487 g/mol. The van der Waals surface area contributed by atoms with Gasteiger partial charge in [0.2, 0.25) is 0 Å². The number of hydrogen-bond donors (Lipinski definition) is 2. The summed E-state index contributed by atoms with van der Waals surface area (Å²) in [4.78, 5) is 31.8. The second kappa shape index (κ2) is 9.98. The van der Waals surface area contributed by atoms with Gasteiger partial charge < -0.3 is 10.1 Å². The van der Waals surface area contributed by atoms with Gasteiger partial charge in [-0.3, -0.25) is 9.69 Å². The van der Waals surface area contributed by atoms with Gasteiger partial charge in [0.05, 0.1) is 18.3 Å². The van der Waals surface area contributed by atoms with Crippen molar-refractivity contribution < 1.29 is 23.1 Å². The first-order valence-electron chi connectivity index (χ1n) is 11.3. The fourth-order valence-electron chi connectivity index (χ4n) is 4.66. The molecule has 3 aromatic rings. The molecule has 8 nitrogen and oxygen atoms in total. The van der Waals surface area contributed by atoms with Crippen molar-refractivity contribution in [3.05, 3.63) is 56.7 Å². The number of carboxylic acids is 1. The summed E-state index contributed by atoms with van der Waals surface area (Å²) in [5, 5.41) is 13.0. The van der Waals surface area contributed by atoms with Gasteiger partial charge >= 0.3 is 12.1 Å². The molecule has 1 atom stereocenters. The van der Waals surface area contributed by atoms with Crippen LogP contribution in [-0.2, 0) is 17.8 Å². The number of nitrogens with one attached hydrogen (secondary N) is 1. The molecule has 35 heavy (non-hydrogen) atoms. The molecule has 0 bridgehead atoms. The Labute approximate surface area is 203 Å². The Hall–Kier alpha value is -2.92. The Morgan fingerprint density at radius 1 is 1.29 bits per heavy atom. The molecule has 0 spiro atoms. The van der Waals surface area contributed by atoms with E-state index in [9.17, 15) is 18.0 Å². The Morgan fingerprint density at radius 3 is 2.63 bits per heavy atom. The van der Waals surface area contributed by atoms with Crippen LogP contribution in [0.25, 0.3) is 11.0 Å². The number of halogens is 4. The number of H-pyrrole nitrogens is 1. The number of rotatable bonds is 3. The fourth-order valence-corrected chi connectivity index (χ4v) is 4.94. The maximum absolute atomic E-state index is 12.7. The van der Waals surface area contributed by atoms with Gasteiger partial charge in [-0.05, 0) is 43.4 Å². The Kier molecular flexibility index (Phi) is 7.18. The van der Waals surface area contributed by atoms with E-state index in [1.54, 1.807) is 6.20 Å². The van der Waals surface area contributed by atoms with E-state index in [4.69, 9.17) is 26.5 Å². The minimum atomic E-state index is -5.08. The van der Waals surface area contributed by atoms with Gasteiger partial charge in [-0.2, -0.15) is 18.3 Å². The highest BCUT2D eigenvalue weighted by Gasteiger charge is 2.38. The maximum Gasteiger partial charge on any atom is 0.490 e. The van der Waals surface area contributed by atoms with Gasteiger partial charge in [0.15, 0.2) is 5.65 Å². The van der Waals surface area contributed by atoms with Gasteiger partial charge in [0.25, 0.3) is 5.56 Å². The molecule has 1 saturated carbocycles. The quantitative estimate of drug-likeness (QED) is 0.531. The molecule has 0 saturated heterocycles. The van der Waals surface area contributed by atoms with Crippen LogP contribution in [0.2, 0.25) is 5.02 Å². The van der Waals surface area contributed by atoms with Crippen molar-refractivity contribution in [2.24, 2.45) is 0 Å². The number of fused-ring (bicyclic) bond motifs is 2. The van der Waals surface area contributed by atoms with Gasteiger partial charge in [0, 0.05) is 18.1 Å². The fraction of sp³-hybridized carbons (Fsp3) is 0.478. The topological polar surface area (TPSA) is 104 Å². The minimum absolute atomic E-state index is 0.0103. The van der Waals surface area contributed by atoms with E-state index in [2.05, 4.69) is 28.0 Å². The molecule has 2 aromatic heterocycles. The average molecular weight is 512 g/mol. The van der Waals surface area contributed by atoms with Crippen LogP contribution in [0.5, 0.6) is 0 Å². The average Bonchev–Trinajstić information content (AvgIpc) is 3.48. The molecule has 1 fully saturated rings. The first kappa shape index (κ1) is 25.2. The third-order valence-electron chi connectivity index (χ3n) is 6.58. The first-order valence-corrected chi connectivity index (χ1v) is 11.7. The van der Waals surface area contributed by atoms with Crippen molar-refractivity contribution in [1.82, 2.24) is 24.6 Å². The van der Waals surface area contributed by atoms with Gasteiger partial charge in [-0.25, -0.2) is 14.5 Å². The molecule has 0 radical (unpaired) electrons. The lowest BCUT2D eigenvalue weighted by molar-refractivity contribution is -0.192. The largest absolute Gasteiger partial charge is 0.490 e. The number of nitrogens with zero attached hydrogens (tertiary/aromatic N) is 4. The molecule has 1 aromatic carbocycles. The lowest BCUT2D eigenvalue weighted by atomic mass is 9.98. The zero-order valence-electron chi connectivity index (χ0n) is 19.0. The van der Waals surface area contributed by atoms with E-state index in [1.165, 1.54) is 24.0 Å². The summed E-state index contributed by atoms with van der Waals surface area (Å²) >= 11 is 6.35. The zero-order valence-corrected chi connectivity index (χ0v) is 19.7. The monoisotopic (exact) mass is 511 g/mol. The summed E-state index contributed by atoms with van der Waals surface area (Å²) in [6.45, 7) is 3.80. The number of benzene rings is 1. The summed E-state index contributed by atoms with van der Waals surface area (Å²) in [7, 11) is 0. The van der Waals surface area contributed by atoms with Crippen molar-refractivity contribution in [3.8, 4) is 0 Å². The highest BCUT2D eigenvalue weighted by Crippen LogP contribution is 2.32. The predicted octanol–water partition coefficient (Wildman–Crippen LogP) is 4.64.